The molecule has 6 nitrogen and oxygen atoms in total. The Labute approximate surface area is 222 Å². The molecule has 7 atom stereocenters. The number of Topliss-reactive ketones (excluding diaryl/α,β-unsaturated/α-hetero) is 1. The second-order valence-electron chi connectivity index (χ2n) is 12.8. The molecule has 0 aromatic rings. The summed E-state index contributed by atoms with van der Waals surface area (Å²) in [7, 11) is 1.57. The van der Waals surface area contributed by atoms with Crippen molar-refractivity contribution < 1.29 is 29.6 Å². The van der Waals surface area contributed by atoms with Gasteiger partial charge in [-0.1, -0.05) is 49.8 Å². The summed E-state index contributed by atoms with van der Waals surface area (Å²) in [4.78, 5) is 25.8. The molecule has 0 bridgehead atoms. The van der Waals surface area contributed by atoms with Gasteiger partial charge in [0.1, 0.15) is 6.10 Å². The first-order valence-electron chi connectivity index (χ1n) is 13.5. The third-order valence-electron chi connectivity index (χ3n) is 9.97. The van der Waals surface area contributed by atoms with Crippen LogP contribution in [0.15, 0.2) is 47.1 Å². The fourth-order valence-corrected chi connectivity index (χ4v) is 7.88. The highest BCUT2D eigenvalue weighted by molar-refractivity contribution is 6.01. The fourth-order valence-electron chi connectivity index (χ4n) is 7.88. The third kappa shape index (κ3) is 5.05. The maximum Gasteiger partial charge on any atom is 0.312 e. The van der Waals surface area contributed by atoms with Crippen LogP contribution >= 0.6 is 0 Å². The number of hydrogen-bond acceptors (Lipinski definition) is 5. The van der Waals surface area contributed by atoms with Crippen molar-refractivity contribution in [3.8, 4) is 0 Å². The van der Waals surface area contributed by atoms with Gasteiger partial charge in [-0.2, -0.15) is 0 Å². The molecule has 3 N–H and O–H groups in total. The smallest absolute Gasteiger partial charge is 0.312 e. The zero-order valence-corrected chi connectivity index (χ0v) is 23.8. The van der Waals surface area contributed by atoms with Gasteiger partial charge in [0, 0.05) is 24.5 Å². The molecule has 3 rings (SSSR count). The monoisotopic (exact) mass is 514 g/mol. The van der Waals surface area contributed by atoms with Crippen molar-refractivity contribution in [2.24, 2.45) is 28.1 Å². The Balaban J connectivity index is 1.88. The van der Waals surface area contributed by atoms with E-state index in [1.165, 1.54) is 0 Å². The normalized spacial score (nSPS) is 39.1. The molecule has 37 heavy (non-hydrogen) atoms. The maximum atomic E-state index is 13.4. The molecule has 6 heteroatoms. The zero-order chi connectivity index (χ0) is 28.0. The highest BCUT2D eigenvalue weighted by Crippen LogP contribution is 2.69. The van der Waals surface area contributed by atoms with Crippen LogP contribution < -0.4 is 0 Å². The Morgan fingerprint density at radius 1 is 1.11 bits per heavy atom. The number of aliphatic hydroxyl groups excluding tert-OH is 1. The maximum absolute atomic E-state index is 13.4. The summed E-state index contributed by atoms with van der Waals surface area (Å²) < 4.78 is 5.35. The lowest BCUT2D eigenvalue weighted by Crippen LogP contribution is -2.61. The number of carboxylic acids is 1. The fraction of sp³-hybridized carbons (Fsp3) is 0.677. The van der Waals surface area contributed by atoms with Crippen LogP contribution in [0.25, 0.3) is 0 Å². The van der Waals surface area contributed by atoms with Gasteiger partial charge in [0.15, 0.2) is 5.78 Å². The van der Waals surface area contributed by atoms with Crippen LogP contribution in [0.4, 0.5) is 0 Å². The largest absolute Gasteiger partial charge is 0.481 e. The number of methoxy groups -OCH3 is 1. The molecule has 0 heterocycles. The number of carbonyl (C=O) groups excluding carboxylic acids is 1. The summed E-state index contributed by atoms with van der Waals surface area (Å²) in [6.07, 6.45) is 11.4. The molecule has 3 fully saturated rings. The lowest BCUT2D eigenvalue weighted by atomic mass is 9.43. The summed E-state index contributed by atoms with van der Waals surface area (Å²) in [5.74, 6) is -0.883. The molecule has 0 amide bonds. The van der Waals surface area contributed by atoms with Gasteiger partial charge >= 0.3 is 5.97 Å². The van der Waals surface area contributed by atoms with E-state index in [2.05, 4.69) is 13.8 Å². The second kappa shape index (κ2) is 10.3. The van der Waals surface area contributed by atoms with Crippen molar-refractivity contribution >= 4 is 11.8 Å². The van der Waals surface area contributed by atoms with E-state index in [0.717, 1.165) is 29.6 Å². The number of aliphatic hydroxyl groups is 2. The Kier molecular flexibility index (Phi) is 8.20. The molecule has 0 aromatic heterocycles. The first kappa shape index (κ1) is 29.5. The lowest BCUT2D eigenvalue weighted by Gasteiger charge is -2.61. The first-order chi connectivity index (χ1) is 17.0. The van der Waals surface area contributed by atoms with Gasteiger partial charge in [-0.25, -0.2) is 0 Å². The standard InChI is InChI=1S/C31H46O6/c1-19(12-13-25(37-8)28(3,4)36)10-9-11-20(2)26-21(32)18-23-29(5)17-15-24(33)31(7,27(34)35)22(29)14-16-30(23,26)6/h9-13,22-25,33,36H,14-18H2,1-8H3,(H,34,35)/b11-9+,13-12+,19-10+,26-20+/t22?,23-,24?,25?,29-,30?,31+/m0/s1. The predicted molar refractivity (Wildman–Crippen MR) is 145 cm³/mol. The van der Waals surface area contributed by atoms with Crippen molar-refractivity contribution in [2.75, 3.05) is 7.11 Å². The number of carbonyl (C=O) groups is 2. The molecule has 0 saturated heterocycles. The average Bonchev–Trinajstić information content (AvgIpc) is 3.07. The van der Waals surface area contributed by atoms with E-state index in [4.69, 9.17) is 4.74 Å². The summed E-state index contributed by atoms with van der Waals surface area (Å²) >= 11 is 0. The van der Waals surface area contributed by atoms with E-state index in [9.17, 15) is 24.9 Å². The van der Waals surface area contributed by atoms with Crippen LogP contribution in [-0.2, 0) is 14.3 Å². The number of carboxylic acid groups (broad SMARTS) is 1. The molecule has 3 aliphatic rings. The molecule has 3 saturated carbocycles. The lowest BCUT2D eigenvalue weighted by molar-refractivity contribution is -0.194. The summed E-state index contributed by atoms with van der Waals surface area (Å²) in [6.45, 7) is 13.4. The van der Waals surface area contributed by atoms with Gasteiger partial charge in [-0.05, 0) is 83.1 Å². The Bertz CT molecular complexity index is 1040. The number of ketones is 1. The van der Waals surface area contributed by atoms with Crippen molar-refractivity contribution in [2.45, 2.75) is 98.4 Å². The van der Waals surface area contributed by atoms with Crippen molar-refractivity contribution in [1.29, 1.82) is 0 Å². The molecule has 4 unspecified atom stereocenters. The van der Waals surface area contributed by atoms with Crippen LogP contribution in [0.2, 0.25) is 0 Å². The molecule has 0 radical (unpaired) electrons. The van der Waals surface area contributed by atoms with Crippen LogP contribution in [-0.4, -0.2) is 52.0 Å². The van der Waals surface area contributed by atoms with Gasteiger partial charge in [0.05, 0.1) is 17.1 Å². The average molecular weight is 515 g/mol. The number of ether oxygens (including phenoxy) is 1. The number of aliphatic carboxylic acids is 1. The van der Waals surface area contributed by atoms with Crippen LogP contribution in [0.3, 0.4) is 0 Å². The van der Waals surface area contributed by atoms with Crippen LogP contribution in [0, 0.1) is 28.1 Å². The molecule has 0 aromatic carbocycles. The Hall–Kier alpha value is -2.02. The minimum absolute atomic E-state index is 0.0591. The van der Waals surface area contributed by atoms with E-state index >= 15 is 0 Å². The van der Waals surface area contributed by atoms with E-state index in [-0.39, 0.29) is 28.4 Å². The quantitative estimate of drug-likeness (QED) is 0.310. The molecular formula is C31H46O6. The SMILES string of the molecule is COC(/C=C/C(C)=C/C=C/C(C)=C1\C(=O)C[C@@H]2C1(C)CCC1[C@@](C)(C(=O)O)C(O)CC[C@@]12C)C(C)(C)O. The summed E-state index contributed by atoms with van der Waals surface area (Å²) in [5.41, 5.74) is 0.0137. The highest BCUT2D eigenvalue weighted by atomic mass is 16.5. The summed E-state index contributed by atoms with van der Waals surface area (Å²) in [6, 6.07) is 0. The minimum atomic E-state index is -1.19. The Morgan fingerprint density at radius 2 is 1.76 bits per heavy atom. The first-order valence-corrected chi connectivity index (χ1v) is 13.5. The van der Waals surface area contributed by atoms with Gasteiger partial charge in [-0.3, -0.25) is 9.59 Å². The van der Waals surface area contributed by atoms with Gasteiger partial charge in [0.25, 0.3) is 0 Å². The van der Waals surface area contributed by atoms with Crippen LogP contribution in [0.5, 0.6) is 0 Å². The van der Waals surface area contributed by atoms with E-state index < -0.39 is 29.2 Å². The van der Waals surface area contributed by atoms with E-state index in [1.54, 1.807) is 27.9 Å². The molecule has 0 spiro atoms. The van der Waals surface area contributed by atoms with Crippen molar-refractivity contribution in [3.63, 3.8) is 0 Å². The van der Waals surface area contributed by atoms with Gasteiger partial charge in [0.2, 0.25) is 0 Å². The Morgan fingerprint density at radius 3 is 2.32 bits per heavy atom. The zero-order valence-electron chi connectivity index (χ0n) is 23.8. The predicted octanol–water partition coefficient (Wildman–Crippen LogP) is 5.40. The van der Waals surface area contributed by atoms with Gasteiger partial charge < -0.3 is 20.1 Å². The second-order valence-corrected chi connectivity index (χ2v) is 12.8. The number of rotatable bonds is 7. The number of hydrogen-bond donors (Lipinski definition) is 3. The molecule has 0 aliphatic heterocycles. The number of fused-ring (bicyclic) bond motifs is 3. The molecule has 3 aliphatic carbocycles. The van der Waals surface area contributed by atoms with E-state index in [1.807, 2.05) is 44.2 Å². The van der Waals surface area contributed by atoms with E-state index in [0.29, 0.717) is 19.3 Å². The topological polar surface area (TPSA) is 104 Å². The highest BCUT2D eigenvalue weighted by Gasteiger charge is 2.67. The minimum Gasteiger partial charge on any atom is -0.481 e. The van der Waals surface area contributed by atoms with Crippen molar-refractivity contribution in [3.05, 3.63) is 47.1 Å². The van der Waals surface area contributed by atoms with Crippen LogP contribution in [0.1, 0.15) is 80.6 Å². The van der Waals surface area contributed by atoms with Crippen molar-refractivity contribution in [1.82, 2.24) is 0 Å². The third-order valence-corrected chi connectivity index (χ3v) is 9.97. The van der Waals surface area contributed by atoms with Gasteiger partial charge in [-0.15, -0.1) is 0 Å². The molecular weight excluding hydrogens is 468 g/mol. The summed E-state index contributed by atoms with van der Waals surface area (Å²) in [5, 5.41) is 31.0. The number of allylic oxidation sites excluding steroid dienone is 7. The molecule has 206 valence electrons.